The van der Waals surface area contributed by atoms with Crippen LogP contribution in [0.1, 0.15) is 6.42 Å². The van der Waals surface area contributed by atoms with Crippen molar-refractivity contribution in [2.75, 3.05) is 25.0 Å². The van der Waals surface area contributed by atoms with Gasteiger partial charge in [0.1, 0.15) is 0 Å². The van der Waals surface area contributed by atoms with Gasteiger partial charge in [-0.2, -0.15) is 0 Å². The summed E-state index contributed by atoms with van der Waals surface area (Å²) in [5.41, 5.74) is 1.52. The maximum Gasteiger partial charge on any atom is 0.271 e. The predicted octanol–water partition coefficient (Wildman–Crippen LogP) is 1.27. The molecule has 1 aliphatic rings. The molecule has 100 valence electrons. The number of nitro benzene ring substituents is 1. The Morgan fingerprint density at radius 3 is 3.05 bits per heavy atom. The Morgan fingerprint density at radius 2 is 2.37 bits per heavy atom. The van der Waals surface area contributed by atoms with E-state index in [0.29, 0.717) is 11.6 Å². The zero-order valence-electron chi connectivity index (χ0n) is 10.6. The smallest absolute Gasteiger partial charge is 0.271 e. The van der Waals surface area contributed by atoms with Gasteiger partial charge in [-0.25, -0.2) is 4.98 Å². The molecule has 2 aromatic rings. The summed E-state index contributed by atoms with van der Waals surface area (Å²) in [7, 11) is 1.99. The SMILES string of the molecule is CN(c1nc2ccc([N+](=O)[O-])cc2[nH]1)[C@H]1CCNC1. The molecule has 1 aromatic carbocycles. The van der Waals surface area contributed by atoms with Gasteiger partial charge in [0, 0.05) is 31.8 Å². The third-order valence-corrected chi connectivity index (χ3v) is 3.58. The number of imidazole rings is 1. The van der Waals surface area contributed by atoms with Crippen molar-refractivity contribution in [3.05, 3.63) is 28.3 Å². The summed E-state index contributed by atoms with van der Waals surface area (Å²) in [4.78, 5) is 20.1. The quantitative estimate of drug-likeness (QED) is 0.641. The molecule has 2 heterocycles. The number of nitrogens with one attached hydrogen (secondary N) is 2. The first kappa shape index (κ1) is 11.9. The number of anilines is 1. The minimum atomic E-state index is -0.398. The van der Waals surface area contributed by atoms with Gasteiger partial charge in [-0.1, -0.05) is 0 Å². The van der Waals surface area contributed by atoms with E-state index >= 15 is 0 Å². The summed E-state index contributed by atoms with van der Waals surface area (Å²) in [6.07, 6.45) is 1.08. The molecule has 1 aliphatic heterocycles. The highest BCUT2D eigenvalue weighted by Crippen LogP contribution is 2.23. The predicted molar refractivity (Wildman–Crippen MR) is 72.4 cm³/mol. The molecule has 1 fully saturated rings. The molecule has 1 atom stereocenters. The highest BCUT2D eigenvalue weighted by Gasteiger charge is 2.21. The number of hydrogen-bond donors (Lipinski definition) is 2. The Bertz CT molecular complexity index is 618. The van der Waals surface area contributed by atoms with Gasteiger partial charge in [-0.05, 0) is 19.0 Å². The molecule has 2 N–H and O–H groups in total. The van der Waals surface area contributed by atoms with Crippen molar-refractivity contribution in [2.24, 2.45) is 0 Å². The molecule has 3 rings (SSSR count). The molecular formula is C12H15N5O2. The van der Waals surface area contributed by atoms with Crippen molar-refractivity contribution in [2.45, 2.75) is 12.5 Å². The number of non-ortho nitro benzene ring substituents is 1. The molecule has 0 bridgehead atoms. The van der Waals surface area contributed by atoms with Crippen molar-refractivity contribution in [3.63, 3.8) is 0 Å². The van der Waals surface area contributed by atoms with Crippen LogP contribution < -0.4 is 10.2 Å². The fourth-order valence-electron chi connectivity index (χ4n) is 2.41. The summed E-state index contributed by atoms with van der Waals surface area (Å²) < 4.78 is 0. The number of benzene rings is 1. The maximum absolute atomic E-state index is 10.7. The van der Waals surface area contributed by atoms with Gasteiger partial charge in [-0.15, -0.1) is 0 Å². The number of aromatic amines is 1. The van der Waals surface area contributed by atoms with Gasteiger partial charge in [0.15, 0.2) is 0 Å². The molecule has 7 heteroatoms. The zero-order chi connectivity index (χ0) is 13.4. The van der Waals surface area contributed by atoms with Crippen LogP contribution in [0.2, 0.25) is 0 Å². The second kappa shape index (κ2) is 4.51. The second-order valence-electron chi connectivity index (χ2n) is 4.78. The minimum absolute atomic E-state index is 0.0767. The fraction of sp³-hybridized carbons (Fsp3) is 0.417. The standard InChI is InChI=1S/C12H15N5O2/c1-16(9-4-5-13-7-9)12-14-10-3-2-8(17(18)19)6-11(10)15-12/h2-3,6,9,13H,4-5,7H2,1H3,(H,14,15)/t9-/m0/s1. The first-order chi connectivity index (χ1) is 9.15. The Kier molecular flexibility index (Phi) is 2.83. The van der Waals surface area contributed by atoms with E-state index in [9.17, 15) is 10.1 Å². The number of aromatic nitrogens is 2. The van der Waals surface area contributed by atoms with Gasteiger partial charge in [0.2, 0.25) is 5.95 Å². The van der Waals surface area contributed by atoms with E-state index < -0.39 is 4.92 Å². The van der Waals surface area contributed by atoms with Crippen LogP contribution in [0.4, 0.5) is 11.6 Å². The van der Waals surface area contributed by atoms with E-state index in [2.05, 4.69) is 20.2 Å². The number of likely N-dealkylation sites (N-methyl/N-ethyl adjacent to an activating group) is 1. The number of fused-ring (bicyclic) bond motifs is 1. The van der Waals surface area contributed by atoms with Crippen molar-refractivity contribution < 1.29 is 4.92 Å². The van der Waals surface area contributed by atoms with E-state index in [-0.39, 0.29) is 5.69 Å². The van der Waals surface area contributed by atoms with E-state index in [1.807, 2.05) is 7.05 Å². The lowest BCUT2D eigenvalue weighted by molar-refractivity contribution is -0.384. The lowest BCUT2D eigenvalue weighted by atomic mass is 10.2. The van der Waals surface area contributed by atoms with Crippen LogP contribution >= 0.6 is 0 Å². The molecule has 0 spiro atoms. The lowest BCUT2D eigenvalue weighted by Gasteiger charge is -2.22. The summed E-state index contributed by atoms with van der Waals surface area (Å²) in [5, 5.41) is 14.1. The van der Waals surface area contributed by atoms with Gasteiger partial charge >= 0.3 is 0 Å². The molecule has 19 heavy (non-hydrogen) atoms. The third kappa shape index (κ3) is 2.12. The number of rotatable bonds is 3. The first-order valence-corrected chi connectivity index (χ1v) is 6.23. The first-order valence-electron chi connectivity index (χ1n) is 6.23. The zero-order valence-corrected chi connectivity index (χ0v) is 10.6. The van der Waals surface area contributed by atoms with Crippen LogP contribution in [0.5, 0.6) is 0 Å². The van der Waals surface area contributed by atoms with E-state index in [4.69, 9.17) is 0 Å². The minimum Gasteiger partial charge on any atom is -0.341 e. The van der Waals surface area contributed by atoms with Crippen LogP contribution in [0.15, 0.2) is 18.2 Å². The second-order valence-corrected chi connectivity index (χ2v) is 4.78. The lowest BCUT2D eigenvalue weighted by Crippen LogP contribution is -2.34. The molecule has 0 unspecified atom stereocenters. The van der Waals surface area contributed by atoms with E-state index in [1.165, 1.54) is 12.1 Å². The van der Waals surface area contributed by atoms with Crippen molar-refractivity contribution in [3.8, 4) is 0 Å². The average molecular weight is 261 g/mol. The number of nitrogens with zero attached hydrogens (tertiary/aromatic N) is 3. The Labute approximate surface area is 109 Å². The normalized spacial score (nSPS) is 18.9. The Morgan fingerprint density at radius 1 is 1.53 bits per heavy atom. The highest BCUT2D eigenvalue weighted by atomic mass is 16.6. The molecule has 0 saturated carbocycles. The molecule has 0 aliphatic carbocycles. The summed E-state index contributed by atoms with van der Waals surface area (Å²) in [5.74, 6) is 0.754. The third-order valence-electron chi connectivity index (χ3n) is 3.58. The highest BCUT2D eigenvalue weighted by molar-refractivity contribution is 5.80. The Balaban J connectivity index is 1.94. The van der Waals surface area contributed by atoms with Gasteiger partial charge in [0.25, 0.3) is 5.69 Å². The summed E-state index contributed by atoms with van der Waals surface area (Å²) >= 11 is 0. The topological polar surface area (TPSA) is 87.1 Å². The van der Waals surface area contributed by atoms with E-state index in [0.717, 1.165) is 31.0 Å². The van der Waals surface area contributed by atoms with Gasteiger partial charge in [0.05, 0.1) is 16.0 Å². The largest absolute Gasteiger partial charge is 0.341 e. The monoisotopic (exact) mass is 261 g/mol. The van der Waals surface area contributed by atoms with E-state index in [1.54, 1.807) is 6.07 Å². The Hall–Kier alpha value is -2.15. The average Bonchev–Trinajstić information content (AvgIpc) is 3.06. The van der Waals surface area contributed by atoms with Crippen molar-refractivity contribution in [1.29, 1.82) is 0 Å². The molecule has 1 saturated heterocycles. The number of hydrogen-bond acceptors (Lipinski definition) is 5. The number of H-pyrrole nitrogens is 1. The molecule has 1 aromatic heterocycles. The number of nitro groups is 1. The summed E-state index contributed by atoms with van der Waals surface area (Å²) in [6, 6.07) is 5.08. The van der Waals surface area contributed by atoms with Crippen LogP contribution in [-0.4, -0.2) is 41.1 Å². The van der Waals surface area contributed by atoms with Crippen LogP contribution in [-0.2, 0) is 0 Å². The van der Waals surface area contributed by atoms with Crippen LogP contribution in [0.3, 0.4) is 0 Å². The fourth-order valence-corrected chi connectivity index (χ4v) is 2.41. The van der Waals surface area contributed by atoms with Crippen molar-refractivity contribution in [1.82, 2.24) is 15.3 Å². The van der Waals surface area contributed by atoms with Gasteiger partial charge < -0.3 is 15.2 Å². The molecular weight excluding hydrogens is 246 g/mol. The molecule has 0 radical (unpaired) electrons. The summed E-state index contributed by atoms with van der Waals surface area (Å²) in [6.45, 7) is 1.95. The van der Waals surface area contributed by atoms with Gasteiger partial charge in [-0.3, -0.25) is 10.1 Å². The molecule has 7 nitrogen and oxygen atoms in total. The van der Waals surface area contributed by atoms with Crippen LogP contribution in [0, 0.1) is 10.1 Å². The maximum atomic E-state index is 10.7. The van der Waals surface area contributed by atoms with Crippen molar-refractivity contribution >= 4 is 22.7 Å². The van der Waals surface area contributed by atoms with Crippen LogP contribution in [0.25, 0.3) is 11.0 Å². The molecule has 0 amide bonds.